The van der Waals surface area contributed by atoms with Gasteiger partial charge in [-0.2, -0.15) is 11.8 Å². The predicted octanol–water partition coefficient (Wildman–Crippen LogP) is 1.76. The van der Waals surface area contributed by atoms with Gasteiger partial charge in [0.2, 0.25) is 5.91 Å². The second-order valence-electron chi connectivity index (χ2n) is 5.77. The zero-order valence-corrected chi connectivity index (χ0v) is 11.5. The van der Waals surface area contributed by atoms with Gasteiger partial charge >= 0.3 is 0 Å². The Morgan fingerprint density at radius 1 is 1.27 bits per heavy atom. The van der Waals surface area contributed by atoms with E-state index in [2.05, 4.69) is 26.1 Å². The third kappa shape index (κ3) is 8.75. The van der Waals surface area contributed by atoms with Crippen LogP contribution in [0.4, 0.5) is 0 Å². The van der Waals surface area contributed by atoms with Crippen molar-refractivity contribution in [2.75, 3.05) is 5.75 Å². The van der Waals surface area contributed by atoms with Gasteiger partial charge < -0.3 is 11.1 Å². The van der Waals surface area contributed by atoms with E-state index in [0.717, 1.165) is 0 Å². The lowest BCUT2D eigenvalue weighted by Crippen LogP contribution is -2.50. The fourth-order valence-corrected chi connectivity index (χ4v) is 1.71. The third-order valence-corrected chi connectivity index (χ3v) is 2.92. The Kier molecular flexibility index (Phi) is 5.14. The van der Waals surface area contributed by atoms with Crippen molar-refractivity contribution in [3.8, 4) is 0 Å². The molecule has 0 aromatic heterocycles. The molecular formula is C11H24N2OS. The molecular weight excluding hydrogens is 208 g/mol. The van der Waals surface area contributed by atoms with Gasteiger partial charge in [0, 0.05) is 16.0 Å². The molecule has 3 nitrogen and oxygen atoms in total. The zero-order valence-electron chi connectivity index (χ0n) is 10.7. The molecule has 0 bridgehead atoms. The minimum Gasteiger partial charge on any atom is -0.350 e. The molecule has 90 valence electrons. The highest BCUT2D eigenvalue weighted by Gasteiger charge is 2.21. The summed E-state index contributed by atoms with van der Waals surface area (Å²) in [5.74, 6) is 0.588. The van der Waals surface area contributed by atoms with Crippen LogP contribution >= 0.6 is 11.8 Å². The molecule has 0 fully saturated rings. The minimum absolute atomic E-state index is 0.0701. The topological polar surface area (TPSA) is 55.1 Å². The van der Waals surface area contributed by atoms with Gasteiger partial charge in [0.05, 0.1) is 6.04 Å². The average molecular weight is 232 g/mol. The van der Waals surface area contributed by atoms with Crippen molar-refractivity contribution in [2.45, 2.75) is 57.9 Å². The second-order valence-corrected chi connectivity index (χ2v) is 7.62. The van der Waals surface area contributed by atoms with Crippen molar-refractivity contribution in [3.63, 3.8) is 0 Å². The van der Waals surface area contributed by atoms with Gasteiger partial charge in [-0.3, -0.25) is 4.79 Å². The highest BCUT2D eigenvalue weighted by atomic mass is 32.2. The quantitative estimate of drug-likeness (QED) is 0.779. The monoisotopic (exact) mass is 232 g/mol. The molecule has 0 heterocycles. The fraction of sp³-hybridized carbons (Fsp3) is 0.909. The summed E-state index contributed by atoms with van der Waals surface area (Å²) < 4.78 is 0.152. The van der Waals surface area contributed by atoms with Gasteiger partial charge in [0.1, 0.15) is 0 Å². The van der Waals surface area contributed by atoms with Crippen molar-refractivity contribution in [2.24, 2.45) is 5.73 Å². The summed E-state index contributed by atoms with van der Waals surface area (Å²) >= 11 is 1.71. The molecule has 0 aliphatic heterocycles. The van der Waals surface area contributed by atoms with Gasteiger partial charge in [0.15, 0.2) is 0 Å². The molecule has 0 aromatic carbocycles. The first-order valence-corrected chi connectivity index (χ1v) is 6.21. The van der Waals surface area contributed by atoms with Gasteiger partial charge in [-0.05, 0) is 20.8 Å². The van der Waals surface area contributed by atoms with E-state index in [1.165, 1.54) is 0 Å². The van der Waals surface area contributed by atoms with E-state index in [4.69, 9.17) is 5.73 Å². The number of carbonyl (C=O) groups excluding carboxylic acids is 1. The Morgan fingerprint density at radius 2 is 1.73 bits per heavy atom. The van der Waals surface area contributed by atoms with E-state index >= 15 is 0 Å². The molecule has 0 aromatic rings. The first-order chi connectivity index (χ1) is 6.51. The number of thioether (sulfide) groups is 1. The van der Waals surface area contributed by atoms with Crippen molar-refractivity contribution < 1.29 is 4.79 Å². The molecule has 0 radical (unpaired) electrons. The highest BCUT2D eigenvalue weighted by Crippen LogP contribution is 2.23. The smallest absolute Gasteiger partial charge is 0.238 e. The molecule has 4 heteroatoms. The van der Waals surface area contributed by atoms with Gasteiger partial charge in [0.25, 0.3) is 0 Å². The Labute approximate surface area is 97.6 Å². The second kappa shape index (κ2) is 5.21. The molecule has 3 N–H and O–H groups in total. The number of rotatable bonds is 3. The van der Waals surface area contributed by atoms with E-state index < -0.39 is 6.04 Å². The number of hydrogen-bond acceptors (Lipinski definition) is 3. The number of amides is 1. The lowest BCUT2D eigenvalue weighted by Gasteiger charge is -2.25. The summed E-state index contributed by atoms with van der Waals surface area (Å²) in [5, 5.41) is 2.88. The average Bonchev–Trinajstić information content (AvgIpc) is 1.95. The summed E-state index contributed by atoms with van der Waals surface area (Å²) in [6.45, 7) is 12.2. The van der Waals surface area contributed by atoms with Crippen LogP contribution in [0.3, 0.4) is 0 Å². The Morgan fingerprint density at radius 3 is 2.07 bits per heavy atom. The summed E-state index contributed by atoms with van der Waals surface area (Å²) in [4.78, 5) is 11.6. The molecule has 0 rings (SSSR count). The molecule has 1 atom stereocenters. The highest BCUT2D eigenvalue weighted by molar-refractivity contribution is 8.00. The van der Waals surface area contributed by atoms with Crippen molar-refractivity contribution in [1.29, 1.82) is 0 Å². The van der Waals surface area contributed by atoms with Crippen LogP contribution in [0.2, 0.25) is 0 Å². The van der Waals surface area contributed by atoms with Gasteiger partial charge in [-0.15, -0.1) is 0 Å². The van der Waals surface area contributed by atoms with Crippen LogP contribution in [0.1, 0.15) is 41.5 Å². The van der Waals surface area contributed by atoms with E-state index in [1.54, 1.807) is 11.8 Å². The Bertz CT molecular complexity index is 216. The number of nitrogens with two attached hydrogens (primary N) is 1. The molecule has 0 aliphatic carbocycles. The van der Waals surface area contributed by atoms with E-state index in [-0.39, 0.29) is 16.2 Å². The first-order valence-electron chi connectivity index (χ1n) is 5.23. The van der Waals surface area contributed by atoms with Crippen LogP contribution < -0.4 is 11.1 Å². The lowest BCUT2D eigenvalue weighted by molar-refractivity contribution is -0.123. The van der Waals surface area contributed by atoms with Crippen LogP contribution in [0.5, 0.6) is 0 Å². The molecule has 0 aliphatic rings. The third-order valence-electron chi connectivity index (χ3n) is 1.53. The SMILES string of the molecule is CC(C)(C)NC(=O)C(N)CSC(C)(C)C. The lowest BCUT2D eigenvalue weighted by atomic mass is 10.1. The maximum absolute atomic E-state index is 11.6. The van der Waals surface area contributed by atoms with Crippen LogP contribution in [0.25, 0.3) is 0 Å². The maximum atomic E-state index is 11.6. The van der Waals surface area contributed by atoms with Gasteiger partial charge in [-0.25, -0.2) is 0 Å². The van der Waals surface area contributed by atoms with Crippen LogP contribution in [0, 0.1) is 0 Å². The number of carbonyl (C=O) groups is 1. The van der Waals surface area contributed by atoms with E-state index in [0.29, 0.717) is 5.75 Å². The molecule has 1 unspecified atom stereocenters. The zero-order chi connectivity index (χ0) is 12.3. The standard InChI is InChI=1S/C11H24N2OS/c1-10(2,3)13-9(14)8(12)7-15-11(4,5)6/h8H,7,12H2,1-6H3,(H,13,14). The summed E-state index contributed by atoms with van der Waals surface area (Å²) in [6.07, 6.45) is 0. The van der Waals surface area contributed by atoms with Crippen molar-refractivity contribution >= 4 is 17.7 Å². The van der Waals surface area contributed by atoms with E-state index in [9.17, 15) is 4.79 Å². The Hall–Kier alpha value is -0.220. The minimum atomic E-state index is -0.423. The van der Waals surface area contributed by atoms with Gasteiger partial charge in [-0.1, -0.05) is 20.8 Å². The normalized spacial score (nSPS) is 14.9. The molecule has 0 spiro atoms. The number of hydrogen-bond donors (Lipinski definition) is 2. The Balaban J connectivity index is 4.01. The first kappa shape index (κ1) is 14.8. The fourth-order valence-electron chi connectivity index (χ4n) is 0.878. The summed E-state index contributed by atoms with van der Waals surface area (Å²) in [7, 11) is 0. The van der Waals surface area contributed by atoms with Crippen LogP contribution in [0.15, 0.2) is 0 Å². The molecule has 0 saturated carbocycles. The molecule has 0 saturated heterocycles. The van der Waals surface area contributed by atoms with E-state index in [1.807, 2.05) is 20.8 Å². The maximum Gasteiger partial charge on any atom is 0.238 e. The van der Waals surface area contributed by atoms with Crippen LogP contribution in [-0.2, 0) is 4.79 Å². The number of nitrogens with one attached hydrogen (secondary N) is 1. The largest absolute Gasteiger partial charge is 0.350 e. The van der Waals surface area contributed by atoms with Crippen molar-refractivity contribution in [1.82, 2.24) is 5.32 Å². The predicted molar refractivity (Wildman–Crippen MR) is 68.1 cm³/mol. The summed E-state index contributed by atoms with van der Waals surface area (Å²) in [6, 6.07) is -0.423. The molecule has 15 heavy (non-hydrogen) atoms. The molecule has 1 amide bonds. The van der Waals surface area contributed by atoms with Crippen LogP contribution in [-0.4, -0.2) is 28.0 Å². The van der Waals surface area contributed by atoms with Crippen molar-refractivity contribution in [3.05, 3.63) is 0 Å². The summed E-state index contributed by atoms with van der Waals surface area (Å²) in [5.41, 5.74) is 5.59.